The van der Waals surface area contributed by atoms with Gasteiger partial charge in [0.15, 0.2) is 0 Å². The Morgan fingerprint density at radius 3 is 2.53 bits per heavy atom. The minimum atomic E-state index is -0.364. The van der Waals surface area contributed by atoms with Crippen LogP contribution in [0.25, 0.3) is 6.08 Å². The van der Waals surface area contributed by atoms with E-state index in [0.29, 0.717) is 13.0 Å². The molecule has 34 heavy (non-hydrogen) atoms. The Labute approximate surface area is 203 Å². The largest absolute Gasteiger partial charge is 0.460 e. The number of likely N-dealkylation sites (tertiary alicyclic amines) is 1. The third-order valence-electron chi connectivity index (χ3n) is 6.14. The van der Waals surface area contributed by atoms with Gasteiger partial charge in [0.05, 0.1) is 6.61 Å². The molecule has 0 spiro atoms. The third kappa shape index (κ3) is 7.82. The highest BCUT2D eigenvalue weighted by atomic mass is 16.6. The normalized spacial score (nSPS) is 14.9. The summed E-state index contributed by atoms with van der Waals surface area (Å²) >= 11 is 0. The van der Waals surface area contributed by atoms with Gasteiger partial charge in [-0.1, -0.05) is 49.4 Å². The van der Waals surface area contributed by atoms with Gasteiger partial charge in [-0.2, -0.15) is 0 Å². The van der Waals surface area contributed by atoms with E-state index in [-0.39, 0.29) is 24.5 Å². The van der Waals surface area contributed by atoms with Crippen molar-refractivity contribution in [2.75, 3.05) is 44.9 Å². The Bertz CT molecular complexity index is 936. The van der Waals surface area contributed by atoms with Crippen molar-refractivity contribution in [1.82, 2.24) is 4.90 Å². The van der Waals surface area contributed by atoms with Crippen LogP contribution in [0.3, 0.4) is 0 Å². The van der Waals surface area contributed by atoms with Crippen LogP contribution in [0, 0.1) is 0 Å². The fourth-order valence-electron chi connectivity index (χ4n) is 4.30. The Morgan fingerprint density at radius 2 is 1.82 bits per heavy atom. The van der Waals surface area contributed by atoms with E-state index in [2.05, 4.69) is 17.0 Å². The van der Waals surface area contributed by atoms with Gasteiger partial charge in [0, 0.05) is 51.0 Å². The van der Waals surface area contributed by atoms with Gasteiger partial charge >= 0.3 is 5.97 Å². The number of benzene rings is 2. The highest BCUT2D eigenvalue weighted by molar-refractivity contribution is 5.93. The van der Waals surface area contributed by atoms with Crippen LogP contribution in [-0.4, -0.2) is 62.8 Å². The number of piperidine rings is 1. The molecule has 1 fully saturated rings. The molecule has 0 unspecified atom stereocenters. The molecule has 1 saturated heterocycles. The molecule has 1 heterocycles. The summed E-state index contributed by atoms with van der Waals surface area (Å²) in [6, 6.07) is 18.5. The van der Waals surface area contributed by atoms with E-state index in [1.165, 1.54) is 11.6 Å². The van der Waals surface area contributed by atoms with Crippen LogP contribution in [0.15, 0.2) is 60.7 Å². The van der Waals surface area contributed by atoms with E-state index >= 15 is 0 Å². The summed E-state index contributed by atoms with van der Waals surface area (Å²) in [6.07, 6.45) is 6.66. The lowest BCUT2D eigenvalue weighted by Crippen LogP contribution is -2.47. The molecule has 2 aromatic carbocycles. The highest BCUT2D eigenvalue weighted by Gasteiger charge is 2.28. The summed E-state index contributed by atoms with van der Waals surface area (Å²) in [5, 5.41) is 0. The number of nitrogens with zero attached hydrogens (tertiary/aromatic N) is 2. The first-order chi connectivity index (χ1) is 16.6. The Kier molecular flexibility index (Phi) is 10.3. The standard InChI is InChI=1S/C28H36N2O4/c1-3-27(31)30(25-10-5-4-6-11-25)26-15-18-29(19-16-26)17-14-24-9-7-8-23(22-24)12-13-28(32)34-21-20-33-2/h4-13,22,26H,3,14-21H2,1-2H3/b13-12+. The summed E-state index contributed by atoms with van der Waals surface area (Å²) in [4.78, 5) is 28.9. The molecule has 182 valence electrons. The monoisotopic (exact) mass is 464 g/mol. The summed E-state index contributed by atoms with van der Waals surface area (Å²) in [5.74, 6) is -0.173. The molecule has 0 saturated carbocycles. The van der Waals surface area contributed by atoms with Crippen LogP contribution in [0.1, 0.15) is 37.3 Å². The second-order valence-electron chi connectivity index (χ2n) is 8.51. The number of rotatable bonds is 11. The fraction of sp³-hybridized carbons (Fsp3) is 0.429. The Hall–Kier alpha value is -2.96. The van der Waals surface area contributed by atoms with Gasteiger partial charge < -0.3 is 19.3 Å². The molecule has 0 atom stereocenters. The molecule has 0 N–H and O–H groups in total. The average Bonchev–Trinajstić information content (AvgIpc) is 2.88. The first kappa shape index (κ1) is 25.7. The van der Waals surface area contributed by atoms with Crippen LogP contribution in [0.5, 0.6) is 0 Å². The van der Waals surface area contributed by atoms with Gasteiger partial charge in [-0.3, -0.25) is 4.79 Å². The van der Waals surface area contributed by atoms with Gasteiger partial charge in [0.2, 0.25) is 5.91 Å². The molecule has 6 heteroatoms. The zero-order valence-electron chi connectivity index (χ0n) is 20.3. The van der Waals surface area contributed by atoms with Crippen molar-refractivity contribution in [3.05, 3.63) is 71.8 Å². The van der Waals surface area contributed by atoms with Crippen LogP contribution in [0.2, 0.25) is 0 Å². The lowest BCUT2D eigenvalue weighted by atomic mass is 10.0. The summed E-state index contributed by atoms with van der Waals surface area (Å²) in [7, 11) is 1.57. The van der Waals surface area contributed by atoms with Crippen molar-refractivity contribution in [3.8, 4) is 0 Å². The number of carbonyl (C=O) groups is 2. The third-order valence-corrected chi connectivity index (χ3v) is 6.14. The number of para-hydroxylation sites is 1. The van der Waals surface area contributed by atoms with Crippen molar-refractivity contribution < 1.29 is 19.1 Å². The second-order valence-corrected chi connectivity index (χ2v) is 8.51. The molecule has 6 nitrogen and oxygen atoms in total. The van der Waals surface area contributed by atoms with Gasteiger partial charge in [-0.05, 0) is 48.6 Å². The predicted octanol–water partition coefficient (Wildman–Crippen LogP) is 4.34. The molecular weight excluding hydrogens is 428 g/mol. The SMILES string of the molecule is CCC(=O)N(c1ccccc1)C1CCN(CCc2cccc(/C=C/C(=O)OCCOC)c2)CC1. The molecular formula is C28H36N2O4. The summed E-state index contributed by atoms with van der Waals surface area (Å²) in [6.45, 7) is 5.53. The van der Waals surface area contributed by atoms with E-state index < -0.39 is 0 Å². The Balaban J connectivity index is 1.49. The first-order valence-electron chi connectivity index (χ1n) is 12.1. The summed E-state index contributed by atoms with van der Waals surface area (Å²) < 4.78 is 9.93. The highest BCUT2D eigenvalue weighted by Crippen LogP contribution is 2.24. The van der Waals surface area contributed by atoms with Crippen molar-refractivity contribution in [1.29, 1.82) is 0 Å². The second kappa shape index (κ2) is 13.7. The van der Waals surface area contributed by atoms with Gasteiger partial charge in [-0.15, -0.1) is 0 Å². The fourth-order valence-corrected chi connectivity index (χ4v) is 4.30. The molecule has 3 rings (SSSR count). The maximum Gasteiger partial charge on any atom is 0.330 e. The van der Waals surface area contributed by atoms with Crippen molar-refractivity contribution in [2.45, 2.75) is 38.6 Å². The molecule has 1 amide bonds. The molecule has 2 aromatic rings. The molecule has 1 aliphatic rings. The molecule has 0 aromatic heterocycles. The molecule has 0 radical (unpaired) electrons. The van der Waals surface area contributed by atoms with Crippen molar-refractivity contribution >= 4 is 23.6 Å². The van der Waals surface area contributed by atoms with Crippen molar-refractivity contribution in [3.63, 3.8) is 0 Å². The lowest BCUT2D eigenvalue weighted by molar-refractivity contribution is -0.138. The van der Waals surface area contributed by atoms with E-state index in [1.807, 2.05) is 54.3 Å². The average molecular weight is 465 g/mol. The van der Waals surface area contributed by atoms with E-state index in [4.69, 9.17) is 9.47 Å². The Morgan fingerprint density at radius 1 is 1.06 bits per heavy atom. The predicted molar refractivity (Wildman–Crippen MR) is 136 cm³/mol. The summed E-state index contributed by atoms with van der Waals surface area (Å²) in [5.41, 5.74) is 3.22. The minimum Gasteiger partial charge on any atom is -0.460 e. The topological polar surface area (TPSA) is 59.1 Å². The quantitative estimate of drug-likeness (QED) is 0.281. The maximum atomic E-state index is 12.7. The smallest absolute Gasteiger partial charge is 0.330 e. The van der Waals surface area contributed by atoms with E-state index in [9.17, 15) is 9.59 Å². The first-order valence-corrected chi connectivity index (χ1v) is 12.1. The van der Waals surface area contributed by atoms with Crippen LogP contribution in [0.4, 0.5) is 5.69 Å². The van der Waals surface area contributed by atoms with Crippen LogP contribution in [-0.2, 0) is 25.5 Å². The zero-order valence-corrected chi connectivity index (χ0v) is 20.3. The van der Waals surface area contributed by atoms with Gasteiger partial charge in [0.1, 0.15) is 6.61 Å². The number of carbonyl (C=O) groups excluding carboxylic acids is 2. The van der Waals surface area contributed by atoms with E-state index in [1.54, 1.807) is 13.2 Å². The molecule has 1 aliphatic heterocycles. The van der Waals surface area contributed by atoms with Gasteiger partial charge in [-0.25, -0.2) is 4.79 Å². The minimum absolute atomic E-state index is 0.192. The number of anilines is 1. The van der Waals surface area contributed by atoms with Crippen LogP contribution < -0.4 is 4.90 Å². The molecule has 0 bridgehead atoms. The number of amides is 1. The lowest BCUT2D eigenvalue weighted by Gasteiger charge is -2.38. The maximum absolute atomic E-state index is 12.7. The van der Waals surface area contributed by atoms with E-state index in [0.717, 1.165) is 50.1 Å². The van der Waals surface area contributed by atoms with Gasteiger partial charge in [0.25, 0.3) is 0 Å². The number of ether oxygens (including phenoxy) is 2. The number of hydrogen-bond acceptors (Lipinski definition) is 5. The van der Waals surface area contributed by atoms with Crippen LogP contribution >= 0.6 is 0 Å². The zero-order chi connectivity index (χ0) is 24.2. The molecule has 0 aliphatic carbocycles. The number of hydrogen-bond donors (Lipinski definition) is 0. The van der Waals surface area contributed by atoms with Crippen molar-refractivity contribution in [2.24, 2.45) is 0 Å². The number of esters is 1. The number of methoxy groups -OCH3 is 1.